The Labute approximate surface area is 91.0 Å². The summed E-state index contributed by atoms with van der Waals surface area (Å²) in [6, 6.07) is 7.91. The third-order valence-electron chi connectivity index (χ3n) is 1.35. The van der Waals surface area contributed by atoms with Crippen LogP contribution < -0.4 is 0 Å². The second-order valence-corrected chi connectivity index (χ2v) is 3.91. The molecule has 1 aromatic carbocycles. The van der Waals surface area contributed by atoms with E-state index in [1.54, 1.807) is 18.2 Å². The van der Waals surface area contributed by atoms with Crippen molar-refractivity contribution in [1.82, 2.24) is 0 Å². The van der Waals surface area contributed by atoms with E-state index in [9.17, 15) is 8.42 Å². The van der Waals surface area contributed by atoms with Gasteiger partial charge in [0.1, 0.15) is 0 Å². The summed E-state index contributed by atoms with van der Waals surface area (Å²) < 4.78 is 31.6. The summed E-state index contributed by atoms with van der Waals surface area (Å²) in [5.41, 5.74) is 0. The number of hydrogen-bond acceptors (Lipinski definition) is 4. The van der Waals surface area contributed by atoms with Crippen molar-refractivity contribution in [2.75, 3.05) is 13.9 Å². The Balaban J connectivity index is 0.000000921. The van der Waals surface area contributed by atoms with E-state index in [4.69, 9.17) is 0 Å². The lowest BCUT2D eigenvalue weighted by Crippen LogP contribution is -2.08. The van der Waals surface area contributed by atoms with Crippen LogP contribution in [0.4, 0.5) is 0 Å². The van der Waals surface area contributed by atoms with E-state index >= 15 is 0 Å². The Kier molecular flexibility index (Phi) is 6.94. The molecule has 0 aliphatic rings. The van der Waals surface area contributed by atoms with Crippen molar-refractivity contribution < 1.29 is 17.3 Å². The number of methoxy groups -OCH3 is 1. The lowest BCUT2D eigenvalue weighted by Gasteiger charge is -2.03. The Hall–Kier alpha value is -0.910. The first-order valence-electron chi connectivity index (χ1n) is 4.60. The Morgan fingerprint density at radius 2 is 1.67 bits per heavy atom. The molecule has 15 heavy (non-hydrogen) atoms. The van der Waals surface area contributed by atoms with Gasteiger partial charge >= 0.3 is 0 Å². The maximum atomic E-state index is 11.3. The minimum absolute atomic E-state index is 0.132. The summed E-state index contributed by atoms with van der Waals surface area (Å²) in [5, 5.41) is 0. The fourth-order valence-corrected chi connectivity index (χ4v) is 1.62. The number of benzene rings is 1. The van der Waals surface area contributed by atoms with E-state index in [1.165, 1.54) is 19.2 Å². The van der Waals surface area contributed by atoms with Gasteiger partial charge in [-0.15, -0.1) is 0 Å². The third kappa shape index (κ3) is 4.92. The molecule has 5 heteroatoms. The normalized spacial score (nSPS) is 10.3. The molecule has 0 amide bonds. The van der Waals surface area contributed by atoms with Crippen LogP contribution in [0.15, 0.2) is 35.2 Å². The maximum Gasteiger partial charge on any atom is 0.299 e. The minimum Gasteiger partial charge on any atom is -0.357 e. The van der Waals surface area contributed by atoms with E-state index in [-0.39, 0.29) is 11.7 Å². The maximum absolute atomic E-state index is 11.3. The Morgan fingerprint density at radius 1 is 1.13 bits per heavy atom. The fourth-order valence-electron chi connectivity index (χ4n) is 0.767. The molecule has 0 unspecified atom stereocenters. The highest BCUT2D eigenvalue weighted by atomic mass is 32.2. The van der Waals surface area contributed by atoms with E-state index in [0.717, 1.165) is 0 Å². The van der Waals surface area contributed by atoms with Crippen LogP contribution in [0.25, 0.3) is 0 Å². The van der Waals surface area contributed by atoms with Gasteiger partial charge in [-0.2, -0.15) is 8.42 Å². The topological polar surface area (TPSA) is 52.6 Å². The average Bonchev–Trinajstić information content (AvgIpc) is 2.30. The van der Waals surface area contributed by atoms with Crippen LogP contribution in [0, 0.1) is 0 Å². The van der Waals surface area contributed by atoms with Crippen molar-refractivity contribution in [3.05, 3.63) is 30.3 Å². The largest absolute Gasteiger partial charge is 0.357 e. The SMILES string of the molecule is CC.COCOS(=O)(=O)c1ccccc1. The van der Waals surface area contributed by atoms with Crippen LogP contribution in [-0.2, 0) is 19.0 Å². The predicted molar refractivity (Wildman–Crippen MR) is 57.9 cm³/mol. The second kappa shape index (κ2) is 7.39. The van der Waals surface area contributed by atoms with Crippen molar-refractivity contribution in [3.63, 3.8) is 0 Å². The highest BCUT2D eigenvalue weighted by molar-refractivity contribution is 7.86. The zero-order valence-corrected chi connectivity index (χ0v) is 9.95. The van der Waals surface area contributed by atoms with Crippen molar-refractivity contribution in [1.29, 1.82) is 0 Å². The van der Waals surface area contributed by atoms with Gasteiger partial charge in [0.2, 0.25) is 0 Å². The summed E-state index contributed by atoms with van der Waals surface area (Å²) >= 11 is 0. The van der Waals surface area contributed by atoms with Crippen LogP contribution in [-0.4, -0.2) is 22.3 Å². The van der Waals surface area contributed by atoms with Gasteiger partial charge in [0, 0.05) is 7.11 Å². The molecule has 0 radical (unpaired) electrons. The monoisotopic (exact) mass is 232 g/mol. The molecule has 4 nitrogen and oxygen atoms in total. The molecule has 0 fully saturated rings. The molecule has 0 saturated heterocycles. The van der Waals surface area contributed by atoms with Gasteiger partial charge in [0.25, 0.3) is 10.1 Å². The molecule has 1 rings (SSSR count). The van der Waals surface area contributed by atoms with E-state index in [1.807, 2.05) is 13.8 Å². The Morgan fingerprint density at radius 3 is 2.13 bits per heavy atom. The smallest absolute Gasteiger partial charge is 0.299 e. The van der Waals surface area contributed by atoms with E-state index < -0.39 is 10.1 Å². The van der Waals surface area contributed by atoms with E-state index in [2.05, 4.69) is 8.92 Å². The predicted octanol–water partition coefficient (Wildman–Crippen LogP) is 2.02. The van der Waals surface area contributed by atoms with Crippen molar-refractivity contribution in [2.45, 2.75) is 18.7 Å². The molecule has 0 N–H and O–H groups in total. The first-order valence-corrected chi connectivity index (χ1v) is 6.01. The molecule has 86 valence electrons. The zero-order chi connectivity index (χ0) is 11.7. The van der Waals surface area contributed by atoms with E-state index in [0.29, 0.717) is 0 Å². The third-order valence-corrected chi connectivity index (χ3v) is 2.61. The summed E-state index contributed by atoms with van der Waals surface area (Å²) in [7, 11) is -2.29. The lowest BCUT2D eigenvalue weighted by molar-refractivity contribution is 0.0561. The standard InChI is InChI=1S/C8H10O4S.C2H6/c1-11-7-12-13(9,10)8-5-3-2-4-6-8;1-2/h2-6H,7H2,1H3;1-2H3. The second-order valence-electron chi connectivity index (χ2n) is 2.29. The summed E-state index contributed by atoms with van der Waals surface area (Å²) in [6.45, 7) is 3.73. The molecule has 0 aromatic heterocycles. The fraction of sp³-hybridized carbons (Fsp3) is 0.400. The van der Waals surface area contributed by atoms with Gasteiger partial charge in [-0.05, 0) is 12.1 Å². The highest BCUT2D eigenvalue weighted by Gasteiger charge is 2.13. The highest BCUT2D eigenvalue weighted by Crippen LogP contribution is 2.10. The van der Waals surface area contributed by atoms with Gasteiger partial charge in [-0.1, -0.05) is 32.0 Å². The van der Waals surface area contributed by atoms with Gasteiger partial charge in [0.15, 0.2) is 6.79 Å². The molecular formula is C10H16O4S. The quantitative estimate of drug-likeness (QED) is 0.588. The van der Waals surface area contributed by atoms with Gasteiger partial charge in [-0.25, -0.2) is 4.18 Å². The molecule has 0 aliphatic heterocycles. The van der Waals surface area contributed by atoms with Crippen LogP contribution in [0.5, 0.6) is 0 Å². The van der Waals surface area contributed by atoms with Gasteiger partial charge in [0.05, 0.1) is 4.90 Å². The molecule has 0 bridgehead atoms. The van der Waals surface area contributed by atoms with Crippen molar-refractivity contribution in [2.24, 2.45) is 0 Å². The average molecular weight is 232 g/mol. The number of ether oxygens (including phenoxy) is 1. The number of rotatable bonds is 4. The van der Waals surface area contributed by atoms with Crippen LogP contribution in [0.2, 0.25) is 0 Å². The Bertz CT molecular complexity index is 345. The summed E-state index contributed by atoms with van der Waals surface area (Å²) in [5.74, 6) is 0. The molecule has 0 heterocycles. The van der Waals surface area contributed by atoms with Crippen LogP contribution >= 0.6 is 0 Å². The number of hydrogen-bond donors (Lipinski definition) is 0. The molecule has 0 saturated carbocycles. The van der Waals surface area contributed by atoms with Crippen LogP contribution in [0.1, 0.15) is 13.8 Å². The summed E-state index contributed by atoms with van der Waals surface area (Å²) in [6.07, 6.45) is 0. The van der Waals surface area contributed by atoms with Gasteiger partial charge < -0.3 is 4.74 Å². The zero-order valence-electron chi connectivity index (χ0n) is 9.14. The molecule has 0 spiro atoms. The minimum atomic E-state index is -3.65. The molecule has 0 atom stereocenters. The lowest BCUT2D eigenvalue weighted by atomic mass is 10.4. The van der Waals surface area contributed by atoms with Crippen molar-refractivity contribution in [3.8, 4) is 0 Å². The first kappa shape index (κ1) is 14.1. The van der Waals surface area contributed by atoms with Crippen molar-refractivity contribution >= 4 is 10.1 Å². The first-order chi connectivity index (χ1) is 7.17. The molecule has 0 aliphatic carbocycles. The summed E-state index contributed by atoms with van der Waals surface area (Å²) in [4.78, 5) is 0.132. The molecule has 1 aromatic rings. The van der Waals surface area contributed by atoms with Crippen LogP contribution in [0.3, 0.4) is 0 Å². The van der Waals surface area contributed by atoms with Gasteiger partial charge in [-0.3, -0.25) is 0 Å². The molecular weight excluding hydrogens is 216 g/mol.